The predicted molar refractivity (Wildman–Crippen MR) is 83.8 cm³/mol. The molecule has 0 radical (unpaired) electrons. The number of aliphatic hydroxyl groups excluding tert-OH is 1. The number of hydrogen-bond donors (Lipinski definition) is 2. The third-order valence-corrected chi connectivity index (χ3v) is 4.19. The molecular formula is C16H17BrFNO2. The fourth-order valence-electron chi connectivity index (χ4n) is 2.29. The van der Waals surface area contributed by atoms with Crippen LogP contribution in [0.4, 0.5) is 4.39 Å². The molecule has 0 bridgehead atoms. The second-order valence-corrected chi connectivity index (χ2v) is 5.55. The van der Waals surface area contributed by atoms with Crippen LogP contribution in [0.3, 0.4) is 0 Å². The lowest BCUT2D eigenvalue weighted by Gasteiger charge is -2.24. The Balaban J connectivity index is 2.37. The van der Waals surface area contributed by atoms with Crippen molar-refractivity contribution in [2.75, 3.05) is 13.7 Å². The van der Waals surface area contributed by atoms with Crippen molar-refractivity contribution in [2.45, 2.75) is 12.0 Å². The molecule has 2 atom stereocenters. The van der Waals surface area contributed by atoms with Gasteiger partial charge in [-0.1, -0.05) is 34.1 Å². The van der Waals surface area contributed by atoms with Crippen molar-refractivity contribution >= 4 is 15.9 Å². The first-order valence-electron chi connectivity index (χ1n) is 6.54. The summed E-state index contributed by atoms with van der Waals surface area (Å²) in [7, 11) is 1.47. The number of methoxy groups -OCH3 is 1. The summed E-state index contributed by atoms with van der Waals surface area (Å²) in [6, 6.07) is 11.9. The maximum atomic E-state index is 14.1. The molecule has 2 rings (SSSR count). The smallest absolute Gasteiger partial charge is 0.132 e. The maximum Gasteiger partial charge on any atom is 0.132 e. The van der Waals surface area contributed by atoms with Gasteiger partial charge in [0.25, 0.3) is 0 Å². The first kappa shape index (κ1) is 15.9. The van der Waals surface area contributed by atoms with Crippen LogP contribution in [0.25, 0.3) is 0 Å². The van der Waals surface area contributed by atoms with Gasteiger partial charge in [0.15, 0.2) is 0 Å². The molecule has 0 spiro atoms. The van der Waals surface area contributed by atoms with Crippen molar-refractivity contribution in [1.29, 1.82) is 0 Å². The van der Waals surface area contributed by atoms with Crippen molar-refractivity contribution in [2.24, 2.45) is 5.73 Å². The maximum absolute atomic E-state index is 14.1. The Labute approximate surface area is 131 Å². The average molecular weight is 354 g/mol. The highest BCUT2D eigenvalue weighted by molar-refractivity contribution is 9.10. The minimum Gasteiger partial charge on any atom is -0.497 e. The van der Waals surface area contributed by atoms with Crippen LogP contribution in [0.5, 0.6) is 5.75 Å². The minimum absolute atomic E-state index is 0.204. The third-order valence-electron chi connectivity index (χ3n) is 3.47. The molecular weight excluding hydrogens is 337 g/mol. The monoisotopic (exact) mass is 353 g/mol. The van der Waals surface area contributed by atoms with Gasteiger partial charge in [0, 0.05) is 28.6 Å². The van der Waals surface area contributed by atoms with Crippen LogP contribution < -0.4 is 10.5 Å². The van der Waals surface area contributed by atoms with E-state index in [1.165, 1.54) is 19.2 Å². The summed E-state index contributed by atoms with van der Waals surface area (Å²) < 4.78 is 19.9. The summed E-state index contributed by atoms with van der Waals surface area (Å²) in [4.78, 5) is 0. The lowest BCUT2D eigenvalue weighted by molar-refractivity contribution is 0.142. The van der Waals surface area contributed by atoms with E-state index in [2.05, 4.69) is 15.9 Å². The van der Waals surface area contributed by atoms with E-state index in [9.17, 15) is 9.50 Å². The van der Waals surface area contributed by atoms with E-state index < -0.39 is 17.8 Å². The Hall–Kier alpha value is -1.43. The van der Waals surface area contributed by atoms with Gasteiger partial charge in [-0.3, -0.25) is 0 Å². The Morgan fingerprint density at radius 3 is 2.52 bits per heavy atom. The molecule has 0 fully saturated rings. The lowest BCUT2D eigenvalue weighted by atomic mass is 9.89. The van der Waals surface area contributed by atoms with Gasteiger partial charge < -0.3 is 15.6 Å². The molecule has 0 aromatic heterocycles. The minimum atomic E-state index is -1.03. The standard InChI is InChI=1S/C16H17BrFNO2/c1-21-10-6-7-12(15(18)8-10)16(20)13(9-19)11-4-2-3-5-14(11)17/h2-8,13,16,20H,9,19H2,1H3. The number of rotatable bonds is 5. The zero-order chi connectivity index (χ0) is 15.4. The molecule has 2 aromatic carbocycles. The van der Waals surface area contributed by atoms with Gasteiger partial charge in [0.1, 0.15) is 11.6 Å². The second kappa shape index (κ2) is 7.02. The van der Waals surface area contributed by atoms with E-state index in [0.717, 1.165) is 10.0 Å². The van der Waals surface area contributed by atoms with Crippen molar-refractivity contribution in [3.8, 4) is 5.75 Å². The fraction of sp³-hybridized carbons (Fsp3) is 0.250. The summed E-state index contributed by atoms with van der Waals surface area (Å²) in [5, 5.41) is 10.5. The summed E-state index contributed by atoms with van der Waals surface area (Å²) in [5.74, 6) is -0.496. The number of benzene rings is 2. The summed E-state index contributed by atoms with van der Waals surface area (Å²) >= 11 is 3.44. The zero-order valence-electron chi connectivity index (χ0n) is 11.6. The van der Waals surface area contributed by atoms with Crippen LogP contribution in [-0.4, -0.2) is 18.8 Å². The topological polar surface area (TPSA) is 55.5 Å². The van der Waals surface area contributed by atoms with Crippen LogP contribution in [0, 0.1) is 5.82 Å². The van der Waals surface area contributed by atoms with Gasteiger partial charge in [0.05, 0.1) is 13.2 Å². The zero-order valence-corrected chi connectivity index (χ0v) is 13.2. The van der Waals surface area contributed by atoms with E-state index in [1.54, 1.807) is 6.07 Å². The summed E-state index contributed by atoms with van der Waals surface area (Å²) in [6.45, 7) is 0.204. The van der Waals surface area contributed by atoms with Gasteiger partial charge in [0.2, 0.25) is 0 Å². The number of hydrogen-bond acceptors (Lipinski definition) is 3. The van der Waals surface area contributed by atoms with Crippen LogP contribution >= 0.6 is 15.9 Å². The Morgan fingerprint density at radius 2 is 1.95 bits per heavy atom. The van der Waals surface area contributed by atoms with Crippen molar-refractivity contribution in [3.63, 3.8) is 0 Å². The highest BCUT2D eigenvalue weighted by Crippen LogP contribution is 2.35. The fourth-order valence-corrected chi connectivity index (χ4v) is 2.87. The highest BCUT2D eigenvalue weighted by atomic mass is 79.9. The van der Waals surface area contributed by atoms with Gasteiger partial charge in [-0.25, -0.2) is 4.39 Å². The molecule has 21 heavy (non-hydrogen) atoms. The van der Waals surface area contributed by atoms with E-state index in [0.29, 0.717) is 5.75 Å². The summed E-state index contributed by atoms with van der Waals surface area (Å²) in [6.07, 6.45) is -1.03. The second-order valence-electron chi connectivity index (χ2n) is 4.70. The largest absolute Gasteiger partial charge is 0.497 e. The molecule has 2 aromatic rings. The Morgan fingerprint density at radius 1 is 1.24 bits per heavy atom. The van der Waals surface area contributed by atoms with Crippen molar-refractivity contribution in [1.82, 2.24) is 0 Å². The molecule has 3 nitrogen and oxygen atoms in total. The molecule has 0 aliphatic heterocycles. The van der Waals surface area contributed by atoms with E-state index >= 15 is 0 Å². The molecule has 2 unspecified atom stereocenters. The molecule has 0 heterocycles. The molecule has 0 amide bonds. The number of ether oxygens (including phenoxy) is 1. The van der Waals surface area contributed by atoms with Crippen LogP contribution in [0.2, 0.25) is 0 Å². The van der Waals surface area contributed by atoms with Crippen molar-refractivity contribution in [3.05, 3.63) is 63.9 Å². The SMILES string of the molecule is COc1ccc(C(O)C(CN)c2ccccc2Br)c(F)c1. The molecule has 112 valence electrons. The molecule has 0 aliphatic rings. The first-order valence-corrected chi connectivity index (χ1v) is 7.33. The number of aliphatic hydroxyl groups is 1. The Bertz CT molecular complexity index is 621. The van der Waals surface area contributed by atoms with E-state index in [4.69, 9.17) is 10.5 Å². The number of nitrogens with two attached hydrogens (primary N) is 1. The van der Waals surface area contributed by atoms with Gasteiger partial charge in [-0.05, 0) is 23.8 Å². The van der Waals surface area contributed by atoms with E-state index in [-0.39, 0.29) is 12.1 Å². The summed E-state index contributed by atoms with van der Waals surface area (Å²) in [5.41, 5.74) is 6.85. The van der Waals surface area contributed by atoms with Crippen LogP contribution in [-0.2, 0) is 0 Å². The molecule has 0 saturated carbocycles. The van der Waals surface area contributed by atoms with Crippen LogP contribution in [0.15, 0.2) is 46.9 Å². The van der Waals surface area contributed by atoms with Gasteiger partial charge in [-0.15, -0.1) is 0 Å². The first-order chi connectivity index (χ1) is 10.1. The lowest BCUT2D eigenvalue weighted by Crippen LogP contribution is -2.21. The normalized spacial score (nSPS) is 13.8. The molecule has 5 heteroatoms. The Kier molecular flexibility index (Phi) is 5.33. The predicted octanol–water partition coefficient (Wildman–Crippen LogP) is 3.37. The third kappa shape index (κ3) is 3.43. The molecule has 0 aliphatic carbocycles. The van der Waals surface area contributed by atoms with Gasteiger partial charge >= 0.3 is 0 Å². The quantitative estimate of drug-likeness (QED) is 0.866. The van der Waals surface area contributed by atoms with Crippen molar-refractivity contribution < 1.29 is 14.2 Å². The molecule has 0 saturated heterocycles. The highest BCUT2D eigenvalue weighted by Gasteiger charge is 2.25. The van der Waals surface area contributed by atoms with Gasteiger partial charge in [-0.2, -0.15) is 0 Å². The van der Waals surface area contributed by atoms with Crippen LogP contribution in [0.1, 0.15) is 23.1 Å². The average Bonchev–Trinajstić information content (AvgIpc) is 2.49. The van der Waals surface area contributed by atoms with E-state index in [1.807, 2.05) is 24.3 Å². The molecule has 3 N–H and O–H groups in total. The number of halogens is 2.